The van der Waals surface area contributed by atoms with E-state index in [1.165, 1.54) is 30.2 Å². The second-order valence-electron chi connectivity index (χ2n) is 5.51. The number of rotatable bonds is 5. The molecule has 0 radical (unpaired) electrons. The summed E-state index contributed by atoms with van der Waals surface area (Å²) in [5, 5.41) is 2.79. The minimum Gasteiger partial charge on any atom is -0.273 e. The Morgan fingerprint density at radius 2 is 1.81 bits per heavy atom. The molecule has 0 bridgehead atoms. The van der Waals surface area contributed by atoms with Gasteiger partial charge in [-0.05, 0) is 24.3 Å². The number of barbiturate groups is 1. The van der Waals surface area contributed by atoms with Gasteiger partial charge in [0.1, 0.15) is 5.57 Å². The summed E-state index contributed by atoms with van der Waals surface area (Å²) < 4.78 is 0. The average Bonchev–Trinajstić information content (AvgIpc) is 2.66. The summed E-state index contributed by atoms with van der Waals surface area (Å²) in [4.78, 5) is 46.0. The third kappa shape index (κ3) is 3.97. The maximum absolute atomic E-state index is 12.6. The Morgan fingerprint density at radius 3 is 2.46 bits per heavy atom. The summed E-state index contributed by atoms with van der Waals surface area (Å²) >= 11 is 1.39. The zero-order valence-corrected chi connectivity index (χ0v) is 14.8. The topological polar surface area (TPSA) is 92.3 Å². The smallest absolute Gasteiger partial charge is 0.273 e. The van der Waals surface area contributed by atoms with Crippen LogP contribution < -0.4 is 5.32 Å². The molecule has 2 aromatic rings. The minimum absolute atomic E-state index is 0.113. The highest BCUT2D eigenvalue weighted by Gasteiger charge is 2.35. The molecule has 0 saturated carbocycles. The highest BCUT2D eigenvalue weighted by molar-refractivity contribution is 7.98. The molecule has 1 fully saturated rings. The number of nitrogens with one attached hydrogen (secondary N) is 1. The van der Waals surface area contributed by atoms with Gasteiger partial charge in [-0.1, -0.05) is 42.1 Å². The van der Waals surface area contributed by atoms with E-state index in [9.17, 15) is 14.4 Å². The maximum Gasteiger partial charge on any atom is 0.331 e. The van der Waals surface area contributed by atoms with Crippen molar-refractivity contribution < 1.29 is 14.4 Å². The van der Waals surface area contributed by atoms with Gasteiger partial charge in [-0.3, -0.25) is 19.8 Å². The maximum atomic E-state index is 12.6. The lowest BCUT2D eigenvalue weighted by atomic mass is 10.1. The molecule has 132 valence electrons. The van der Waals surface area contributed by atoms with Crippen LogP contribution in [0.2, 0.25) is 0 Å². The van der Waals surface area contributed by atoms with E-state index in [2.05, 4.69) is 15.3 Å². The Bertz CT molecular complexity index is 866. The van der Waals surface area contributed by atoms with Crippen molar-refractivity contribution in [1.82, 2.24) is 20.2 Å². The monoisotopic (exact) mass is 368 g/mol. The van der Waals surface area contributed by atoms with Crippen molar-refractivity contribution in [3.05, 3.63) is 59.4 Å². The lowest BCUT2D eigenvalue weighted by molar-refractivity contribution is -0.130. The van der Waals surface area contributed by atoms with Crippen LogP contribution in [-0.2, 0) is 16.0 Å². The van der Waals surface area contributed by atoms with Crippen molar-refractivity contribution in [3.8, 4) is 0 Å². The van der Waals surface area contributed by atoms with Crippen molar-refractivity contribution in [2.24, 2.45) is 0 Å². The lowest BCUT2D eigenvalue weighted by Crippen LogP contribution is -2.54. The fourth-order valence-electron chi connectivity index (χ4n) is 2.46. The Labute approximate surface area is 154 Å². The summed E-state index contributed by atoms with van der Waals surface area (Å²) in [5.74, 6) is -1.34. The largest absolute Gasteiger partial charge is 0.331 e. The zero-order chi connectivity index (χ0) is 18.5. The van der Waals surface area contributed by atoms with Gasteiger partial charge in [-0.25, -0.2) is 14.8 Å². The van der Waals surface area contributed by atoms with Crippen LogP contribution >= 0.6 is 11.8 Å². The first-order valence-corrected chi connectivity index (χ1v) is 9.10. The van der Waals surface area contributed by atoms with Gasteiger partial charge in [-0.15, -0.1) is 0 Å². The zero-order valence-electron chi connectivity index (χ0n) is 14.0. The van der Waals surface area contributed by atoms with Crippen molar-refractivity contribution in [2.45, 2.75) is 11.6 Å². The van der Waals surface area contributed by atoms with E-state index < -0.39 is 17.8 Å². The van der Waals surface area contributed by atoms with Crippen molar-refractivity contribution in [2.75, 3.05) is 12.8 Å². The molecule has 8 heteroatoms. The van der Waals surface area contributed by atoms with Crippen LogP contribution in [0.4, 0.5) is 4.79 Å². The van der Waals surface area contributed by atoms with Crippen LogP contribution in [0.5, 0.6) is 0 Å². The number of imide groups is 2. The summed E-state index contributed by atoms with van der Waals surface area (Å²) in [5.41, 5.74) is 1.40. The molecule has 3 rings (SSSR count). The predicted octanol–water partition coefficient (Wildman–Crippen LogP) is 1.90. The van der Waals surface area contributed by atoms with E-state index in [-0.39, 0.29) is 12.1 Å². The molecule has 1 aliphatic rings. The molecule has 7 nitrogen and oxygen atoms in total. The normalized spacial score (nSPS) is 16.1. The Kier molecular flexibility index (Phi) is 5.43. The van der Waals surface area contributed by atoms with Crippen LogP contribution in [0, 0.1) is 0 Å². The third-order valence-electron chi connectivity index (χ3n) is 3.79. The van der Waals surface area contributed by atoms with Gasteiger partial charge < -0.3 is 0 Å². The SMILES string of the molecule is CSc1ncc(C=C2C(=O)NC(=O)N(CCc3ccccc3)C2=O)cn1. The third-order valence-corrected chi connectivity index (χ3v) is 4.37. The van der Waals surface area contributed by atoms with Gasteiger partial charge in [0.15, 0.2) is 5.16 Å². The summed E-state index contributed by atoms with van der Waals surface area (Å²) in [6, 6.07) is 8.80. The van der Waals surface area contributed by atoms with E-state index in [0.29, 0.717) is 17.1 Å². The molecular weight excluding hydrogens is 352 g/mol. The molecule has 1 saturated heterocycles. The van der Waals surface area contributed by atoms with Gasteiger partial charge in [-0.2, -0.15) is 0 Å². The Hall–Kier alpha value is -3.00. The standard InChI is InChI=1S/C18H16N4O3S/c1-26-17-19-10-13(11-20-17)9-14-15(23)21-18(25)22(16(14)24)8-7-12-5-3-2-4-6-12/h2-6,9-11H,7-8H2,1H3,(H,21,23,25). The van der Waals surface area contributed by atoms with Crippen LogP contribution in [-0.4, -0.2) is 45.5 Å². The molecule has 0 aliphatic carbocycles. The molecule has 0 unspecified atom stereocenters. The highest BCUT2D eigenvalue weighted by Crippen LogP contribution is 2.15. The summed E-state index contributed by atoms with van der Waals surface area (Å²) in [6.07, 6.45) is 6.80. The van der Waals surface area contributed by atoms with Crippen molar-refractivity contribution >= 4 is 35.7 Å². The summed E-state index contributed by atoms with van der Waals surface area (Å²) in [7, 11) is 0. The Morgan fingerprint density at radius 1 is 1.12 bits per heavy atom. The number of nitrogens with zero attached hydrogens (tertiary/aromatic N) is 3. The number of carbonyl (C=O) groups is 3. The van der Waals surface area contributed by atoms with E-state index >= 15 is 0 Å². The van der Waals surface area contributed by atoms with Crippen LogP contribution in [0.15, 0.2) is 53.5 Å². The number of aromatic nitrogens is 2. The van der Waals surface area contributed by atoms with Crippen molar-refractivity contribution in [1.29, 1.82) is 0 Å². The van der Waals surface area contributed by atoms with E-state index in [4.69, 9.17) is 0 Å². The molecule has 26 heavy (non-hydrogen) atoms. The van der Waals surface area contributed by atoms with Gasteiger partial charge in [0.25, 0.3) is 11.8 Å². The van der Waals surface area contributed by atoms with Gasteiger partial charge in [0.05, 0.1) is 0 Å². The highest BCUT2D eigenvalue weighted by atomic mass is 32.2. The van der Waals surface area contributed by atoms with Crippen LogP contribution in [0.3, 0.4) is 0 Å². The number of carbonyl (C=O) groups excluding carboxylic acids is 3. The number of amides is 4. The molecule has 4 amide bonds. The van der Waals surface area contributed by atoms with Crippen LogP contribution in [0.25, 0.3) is 6.08 Å². The van der Waals surface area contributed by atoms with Gasteiger partial charge in [0.2, 0.25) is 0 Å². The average molecular weight is 368 g/mol. The molecule has 1 aliphatic heterocycles. The first kappa shape index (κ1) is 17.8. The lowest BCUT2D eigenvalue weighted by Gasteiger charge is -2.26. The molecular formula is C18H16N4O3S. The number of hydrogen-bond donors (Lipinski definition) is 1. The van der Waals surface area contributed by atoms with Gasteiger partial charge >= 0.3 is 6.03 Å². The Balaban J connectivity index is 1.79. The molecule has 2 heterocycles. The molecule has 1 aromatic carbocycles. The van der Waals surface area contributed by atoms with Crippen LogP contribution in [0.1, 0.15) is 11.1 Å². The second kappa shape index (κ2) is 7.92. The van der Waals surface area contributed by atoms with E-state index in [0.717, 1.165) is 10.5 Å². The molecule has 1 N–H and O–H groups in total. The van der Waals surface area contributed by atoms with Gasteiger partial charge in [0, 0.05) is 24.5 Å². The van der Waals surface area contributed by atoms with E-state index in [1.54, 1.807) is 0 Å². The number of benzene rings is 1. The molecule has 1 aromatic heterocycles. The number of thioether (sulfide) groups is 1. The predicted molar refractivity (Wildman–Crippen MR) is 97.2 cm³/mol. The number of urea groups is 1. The van der Waals surface area contributed by atoms with E-state index in [1.807, 2.05) is 36.6 Å². The fourth-order valence-corrected chi connectivity index (χ4v) is 2.77. The number of hydrogen-bond acceptors (Lipinski definition) is 6. The molecule has 0 spiro atoms. The first-order valence-electron chi connectivity index (χ1n) is 7.87. The quantitative estimate of drug-likeness (QED) is 0.375. The minimum atomic E-state index is -0.718. The van der Waals surface area contributed by atoms with Crippen molar-refractivity contribution in [3.63, 3.8) is 0 Å². The fraction of sp³-hybridized carbons (Fsp3) is 0.167. The summed E-state index contributed by atoms with van der Waals surface area (Å²) in [6.45, 7) is 0.182. The first-order chi connectivity index (χ1) is 12.6. The molecule has 0 atom stereocenters. The second-order valence-corrected chi connectivity index (χ2v) is 6.29.